The fourth-order valence-corrected chi connectivity index (χ4v) is 4.46. The lowest BCUT2D eigenvalue weighted by atomic mass is 9.95. The number of nitrogens with one attached hydrogen (secondary N) is 1. The molecule has 1 atom stereocenters. The first-order chi connectivity index (χ1) is 15.6. The summed E-state index contributed by atoms with van der Waals surface area (Å²) in [6, 6.07) is 17.5. The zero-order chi connectivity index (χ0) is 22.8. The molecule has 0 bridgehead atoms. The molecule has 1 aliphatic carbocycles. The number of ether oxygens (including phenoxy) is 1. The number of nitrogens with zero attached hydrogens (tertiary/aromatic N) is 1. The fourth-order valence-electron chi connectivity index (χ4n) is 4.46. The molecular formula is C27H36N2O3. The van der Waals surface area contributed by atoms with Crippen molar-refractivity contribution in [3.63, 3.8) is 0 Å². The fraction of sp³-hybridized carbons (Fsp3) is 0.481. The van der Waals surface area contributed by atoms with Crippen LogP contribution in [0.5, 0.6) is 5.75 Å². The molecule has 0 radical (unpaired) electrons. The molecule has 1 aliphatic rings. The topological polar surface area (TPSA) is 58.6 Å². The van der Waals surface area contributed by atoms with E-state index in [1.54, 1.807) is 12.0 Å². The minimum atomic E-state index is -0.452. The highest BCUT2D eigenvalue weighted by Gasteiger charge is 2.30. The Balaban J connectivity index is 1.73. The molecule has 0 heterocycles. The molecule has 3 rings (SSSR count). The second-order valence-electron chi connectivity index (χ2n) is 8.62. The quantitative estimate of drug-likeness (QED) is 0.595. The van der Waals surface area contributed by atoms with Crippen LogP contribution < -0.4 is 10.1 Å². The molecule has 0 aromatic heterocycles. The second kappa shape index (κ2) is 12.3. The Morgan fingerprint density at radius 1 is 1.00 bits per heavy atom. The van der Waals surface area contributed by atoms with Crippen LogP contribution >= 0.6 is 0 Å². The Morgan fingerprint density at radius 3 is 2.31 bits per heavy atom. The van der Waals surface area contributed by atoms with Crippen LogP contribution in [0.25, 0.3) is 0 Å². The zero-order valence-electron chi connectivity index (χ0n) is 19.4. The Kier molecular flexibility index (Phi) is 9.14. The van der Waals surface area contributed by atoms with E-state index in [4.69, 9.17) is 4.74 Å². The molecule has 0 spiro atoms. The van der Waals surface area contributed by atoms with E-state index < -0.39 is 6.04 Å². The Labute approximate surface area is 192 Å². The van der Waals surface area contributed by atoms with Gasteiger partial charge in [-0.2, -0.15) is 0 Å². The number of carbonyl (C=O) groups is 2. The molecule has 5 nitrogen and oxygen atoms in total. The van der Waals surface area contributed by atoms with Crippen molar-refractivity contribution in [2.24, 2.45) is 0 Å². The normalized spacial score (nSPS) is 15.1. The zero-order valence-corrected chi connectivity index (χ0v) is 19.4. The van der Waals surface area contributed by atoms with E-state index in [9.17, 15) is 9.59 Å². The smallest absolute Gasteiger partial charge is 0.243 e. The maximum Gasteiger partial charge on any atom is 0.243 e. The highest BCUT2D eigenvalue weighted by Crippen LogP contribution is 2.19. The summed E-state index contributed by atoms with van der Waals surface area (Å²) < 4.78 is 5.22. The van der Waals surface area contributed by atoms with Gasteiger partial charge < -0.3 is 15.0 Å². The summed E-state index contributed by atoms with van der Waals surface area (Å²) in [4.78, 5) is 28.4. The van der Waals surface area contributed by atoms with Gasteiger partial charge in [-0.1, -0.05) is 68.7 Å². The highest BCUT2D eigenvalue weighted by molar-refractivity contribution is 5.88. The Bertz CT molecular complexity index is 845. The van der Waals surface area contributed by atoms with E-state index in [2.05, 4.69) is 17.4 Å². The number of amides is 2. The highest BCUT2D eigenvalue weighted by atomic mass is 16.5. The average molecular weight is 437 g/mol. The minimum Gasteiger partial charge on any atom is -0.497 e. The lowest BCUT2D eigenvalue weighted by molar-refractivity contribution is -0.140. The largest absolute Gasteiger partial charge is 0.497 e. The summed E-state index contributed by atoms with van der Waals surface area (Å²) in [5.74, 6) is 0.729. The average Bonchev–Trinajstić information content (AvgIpc) is 2.83. The molecule has 172 valence electrons. The first-order valence-electron chi connectivity index (χ1n) is 11.9. The van der Waals surface area contributed by atoms with Crippen molar-refractivity contribution in [1.29, 1.82) is 0 Å². The molecule has 5 heteroatoms. The summed E-state index contributed by atoms with van der Waals surface area (Å²) in [6.45, 7) is 2.51. The van der Waals surface area contributed by atoms with Gasteiger partial charge in [0, 0.05) is 12.6 Å². The van der Waals surface area contributed by atoms with Crippen molar-refractivity contribution in [1.82, 2.24) is 10.2 Å². The predicted octanol–water partition coefficient (Wildman–Crippen LogP) is 4.54. The second-order valence-corrected chi connectivity index (χ2v) is 8.62. The van der Waals surface area contributed by atoms with Crippen molar-refractivity contribution in [2.45, 2.75) is 70.4 Å². The van der Waals surface area contributed by atoms with E-state index in [1.807, 2.05) is 49.4 Å². The maximum absolute atomic E-state index is 13.4. The van der Waals surface area contributed by atoms with Crippen LogP contribution in [0.4, 0.5) is 0 Å². The lowest BCUT2D eigenvalue weighted by Crippen LogP contribution is -2.52. The Hall–Kier alpha value is -2.82. The molecule has 2 amide bonds. The molecular weight excluding hydrogens is 400 g/mol. The van der Waals surface area contributed by atoms with Gasteiger partial charge in [0.05, 0.1) is 13.5 Å². The van der Waals surface area contributed by atoms with Crippen LogP contribution in [-0.2, 0) is 22.4 Å². The molecule has 1 saturated carbocycles. The summed E-state index contributed by atoms with van der Waals surface area (Å²) >= 11 is 0. The van der Waals surface area contributed by atoms with Gasteiger partial charge in [0.25, 0.3) is 0 Å². The molecule has 1 fully saturated rings. The van der Waals surface area contributed by atoms with E-state index in [1.165, 1.54) is 6.42 Å². The monoisotopic (exact) mass is 436 g/mol. The van der Waals surface area contributed by atoms with E-state index in [0.717, 1.165) is 49.0 Å². The number of rotatable bonds is 10. The van der Waals surface area contributed by atoms with Crippen LogP contribution in [0.2, 0.25) is 0 Å². The Morgan fingerprint density at radius 2 is 1.69 bits per heavy atom. The van der Waals surface area contributed by atoms with Gasteiger partial charge in [-0.25, -0.2) is 0 Å². The molecule has 2 aromatic carbocycles. The maximum atomic E-state index is 13.4. The molecule has 32 heavy (non-hydrogen) atoms. The van der Waals surface area contributed by atoms with Crippen molar-refractivity contribution in [2.75, 3.05) is 13.7 Å². The summed E-state index contributed by atoms with van der Waals surface area (Å²) in [5, 5.41) is 3.23. The third kappa shape index (κ3) is 6.84. The van der Waals surface area contributed by atoms with Crippen molar-refractivity contribution in [3.8, 4) is 5.75 Å². The van der Waals surface area contributed by atoms with Gasteiger partial charge in [-0.15, -0.1) is 0 Å². The minimum absolute atomic E-state index is 0.0169. The van der Waals surface area contributed by atoms with Crippen LogP contribution in [0.1, 0.15) is 56.6 Å². The van der Waals surface area contributed by atoms with Gasteiger partial charge in [-0.05, 0) is 48.9 Å². The van der Waals surface area contributed by atoms with E-state index in [0.29, 0.717) is 13.0 Å². The van der Waals surface area contributed by atoms with Gasteiger partial charge in [0.2, 0.25) is 11.8 Å². The summed E-state index contributed by atoms with van der Waals surface area (Å²) in [7, 11) is 1.63. The van der Waals surface area contributed by atoms with E-state index >= 15 is 0 Å². The van der Waals surface area contributed by atoms with Crippen LogP contribution in [-0.4, -0.2) is 42.5 Å². The van der Waals surface area contributed by atoms with Gasteiger partial charge >= 0.3 is 0 Å². The molecule has 0 saturated heterocycles. The van der Waals surface area contributed by atoms with Gasteiger partial charge in [0.15, 0.2) is 0 Å². The first-order valence-corrected chi connectivity index (χ1v) is 11.9. The van der Waals surface area contributed by atoms with Gasteiger partial charge in [-0.3, -0.25) is 9.59 Å². The van der Waals surface area contributed by atoms with Crippen molar-refractivity contribution in [3.05, 3.63) is 65.7 Å². The predicted molar refractivity (Wildman–Crippen MR) is 128 cm³/mol. The number of methoxy groups -OCH3 is 1. The molecule has 2 aromatic rings. The van der Waals surface area contributed by atoms with Crippen LogP contribution in [0, 0.1) is 0 Å². The van der Waals surface area contributed by atoms with E-state index in [-0.39, 0.29) is 24.3 Å². The van der Waals surface area contributed by atoms with Crippen LogP contribution in [0.15, 0.2) is 54.6 Å². The molecule has 0 aliphatic heterocycles. The van der Waals surface area contributed by atoms with Crippen molar-refractivity contribution < 1.29 is 14.3 Å². The van der Waals surface area contributed by atoms with Crippen molar-refractivity contribution >= 4 is 11.8 Å². The molecule has 1 N–H and O–H groups in total. The lowest BCUT2D eigenvalue weighted by Gasteiger charge is -2.33. The standard InChI is InChI=1S/C27H36N2O3/c1-3-25(27(31)28-23-12-8-5-9-13-23)29(19-18-21-10-6-4-7-11-21)26(30)20-22-14-16-24(32-2)17-15-22/h4,6-7,10-11,14-17,23,25H,3,5,8-9,12-13,18-20H2,1-2H3,(H,28,31)/t25-/m0/s1. The SMILES string of the molecule is CC[C@@H](C(=O)NC1CCCCC1)N(CCc1ccccc1)C(=O)Cc1ccc(OC)cc1. The summed E-state index contributed by atoms with van der Waals surface area (Å²) in [6.07, 6.45) is 7.23. The van der Waals surface area contributed by atoms with Crippen LogP contribution in [0.3, 0.4) is 0 Å². The number of benzene rings is 2. The van der Waals surface area contributed by atoms with Gasteiger partial charge in [0.1, 0.15) is 11.8 Å². The first kappa shape index (κ1) is 23.8. The summed E-state index contributed by atoms with van der Waals surface area (Å²) in [5.41, 5.74) is 2.08. The number of hydrogen-bond acceptors (Lipinski definition) is 3. The number of carbonyl (C=O) groups excluding carboxylic acids is 2. The third-order valence-electron chi connectivity index (χ3n) is 6.34. The third-order valence-corrected chi connectivity index (χ3v) is 6.34. The molecule has 0 unspecified atom stereocenters. The number of hydrogen-bond donors (Lipinski definition) is 1.